The second kappa shape index (κ2) is 5.65. The molecule has 86 valence electrons. The second-order valence-electron chi connectivity index (χ2n) is 3.89. The van der Waals surface area contributed by atoms with Crippen molar-refractivity contribution in [3.05, 3.63) is 70.7 Å². The maximum Gasteiger partial charge on any atom is 0.164 e. The van der Waals surface area contributed by atoms with E-state index in [0.29, 0.717) is 17.0 Å². The van der Waals surface area contributed by atoms with E-state index in [1.165, 1.54) is 5.56 Å². The van der Waals surface area contributed by atoms with Gasteiger partial charge in [-0.3, -0.25) is 4.79 Å². The highest BCUT2D eigenvalue weighted by molar-refractivity contribution is 6.33. The number of rotatable bonds is 4. The number of hydrogen-bond acceptors (Lipinski definition) is 1. The summed E-state index contributed by atoms with van der Waals surface area (Å²) in [6, 6.07) is 17.2. The molecule has 0 unspecified atom stereocenters. The number of carbonyl (C=O) groups is 1. The minimum atomic E-state index is 0.0967. The van der Waals surface area contributed by atoms with E-state index in [4.69, 9.17) is 11.6 Å². The van der Waals surface area contributed by atoms with Crippen molar-refractivity contribution in [2.75, 3.05) is 0 Å². The maximum absolute atomic E-state index is 12.0. The van der Waals surface area contributed by atoms with E-state index in [-0.39, 0.29) is 5.78 Å². The molecule has 0 aliphatic heterocycles. The first kappa shape index (κ1) is 11.9. The Labute approximate surface area is 106 Å². The van der Waals surface area contributed by atoms with Crippen LogP contribution >= 0.6 is 11.6 Å². The van der Waals surface area contributed by atoms with Crippen molar-refractivity contribution in [1.82, 2.24) is 0 Å². The Hall–Kier alpha value is -1.60. The van der Waals surface area contributed by atoms with Crippen LogP contribution in [-0.4, -0.2) is 5.78 Å². The van der Waals surface area contributed by atoms with Gasteiger partial charge < -0.3 is 0 Å². The Bertz CT molecular complexity index is 505. The van der Waals surface area contributed by atoms with E-state index >= 15 is 0 Å². The molecule has 2 aromatic rings. The zero-order chi connectivity index (χ0) is 12.1. The summed E-state index contributed by atoms with van der Waals surface area (Å²) in [6.45, 7) is 0. The van der Waals surface area contributed by atoms with E-state index < -0.39 is 0 Å². The second-order valence-corrected chi connectivity index (χ2v) is 4.30. The quantitative estimate of drug-likeness (QED) is 0.739. The summed E-state index contributed by atoms with van der Waals surface area (Å²) in [6.07, 6.45) is 1.25. The first-order valence-corrected chi connectivity index (χ1v) is 5.97. The molecule has 0 saturated heterocycles. The summed E-state index contributed by atoms with van der Waals surface area (Å²) in [4.78, 5) is 12.0. The highest BCUT2D eigenvalue weighted by Gasteiger charge is 2.09. The lowest BCUT2D eigenvalue weighted by Gasteiger charge is -2.03. The van der Waals surface area contributed by atoms with Crippen LogP contribution in [0.3, 0.4) is 0 Å². The largest absolute Gasteiger partial charge is 0.294 e. The highest BCUT2D eigenvalue weighted by Crippen LogP contribution is 2.17. The summed E-state index contributed by atoms with van der Waals surface area (Å²) in [5.41, 5.74) is 1.79. The lowest BCUT2D eigenvalue weighted by molar-refractivity contribution is 0.0983. The molecule has 0 N–H and O–H groups in total. The van der Waals surface area contributed by atoms with Gasteiger partial charge >= 0.3 is 0 Å². The number of aryl methyl sites for hydroxylation is 1. The summed E-state index contributed by atoms with van der Waals surface area (Å²) in [7, 11) is 0. The van der Waals surface area contributed by atoms with Crippen LogP contribution in [0.5, 0.6) is 0 Å². The molecule has 2 aromatic carbocycles. The van der Waals surface area contributed by atoms with Gasteiger partial charge in [-0.25, -0.2) is 0 Å². The summed E-state index contributed by atoms with van der Waals surface area (Å²) in [5, 5.41) is 0.533. The van der Waals surface area contributed by atoms with Crippen LogP contribution in [0.2, 0.25) is 5.02 Å². The molecule has 2 heteroatoms. The number of halogens is 1. The number of ketones is 1. The molecule has 0 saturated carbocycles. The van der Waals surface area contributed by atoms with Gasteiger partial charge in [0.2, 0.25) is 0 Å². The van der Waals surface area contributed by atoms with Gasteiger partial charge in [-0.1, -0.05) is 54.1 Å². The van der Waals surface area contributed by atoms with E-state index in [2.05, 4.69) is 0 Å². The van der Waals surface area contributed by atoms with Crippen molar-refractivity contribution >= 4 is 17.4 Å². The van der Waals surface area contributed by atoms with Crippen molar-refractivity contribution in [2.24, 2.45) is 0 Å². The van der Waals surface area contributed by atoms with Gasteiger partial charge in [0.05, 0.1) is 5.02 Å². The highest BCUT2D eigenvalue weighted by atomic mass is 35.5. The summed E-state index contributed by atoms with van der Waals surface area (Å²) >= 11 is 5.98. The van der Waals surface area contributed by atoms with Crippen LogP contribution in [0.15, 0.2) is 54.6 Å². The number of Topliss-reactive ketones (excluding diaryl/α,β-unsaturated/α-hetero) is 1. The third-order valence-electron chi connectivity index (χ3n) is 2.66. The maximum atomic E-state index is 12.0. The average Bonchev–Trinajstić information content (AvgIpc) is 2.38. The predicted octanol–water partition coefficient (Wildman–Crippen LogP) is 4.16. The third-order valence-corrected chi connectivity index (χ3v) is 2.99. The molecule has 0 spiro atoms. The van der Waals surface area contributed by atoms with Crippen LogP contribution in [0.1, 0.15) is 22.3 Å². The molecule has 2 rings (SSSR count). The van der Waals surface area contributed by atoms with Gasteiger partial charge in [0, 0.05) is 12.0 Å². The van der Waals surface area contributed by atoms with Gasteiger partial charge in [0.15, 0.2) is 5.78 Å². The van der Waals surface area contributed by atoms with E-state index in [1.807, 2.05) is 42.5 Å². The zero-order valence-electron chi connectivity index (χ0n) is 9.40. The van der Waals surface area contributed by atoms with Crippen molar-refractivity contribution < 1.29 is 4.79 Å². The number of carbonyl (C=O) groups excluding carboxylic acids is 1. The van der Waals surface area contributed by atoms with Crippen LogP contribution in [0, 0.1) is 0 Å². The fourth-order valence-corrected chi connectivity index (χ4v) is 1.97. The smallest absolute Gasteiger partial charge is 0.164 e. The SMILES string of the molecule is O=C(CCc1ccccc1)c1ccccc1Cl. The van der Waals surface area contributed by atoms with Crippen LogP contribution < -0.4 is 0 Å². The van der Waals surface area contributed by atoms with Gasteiger partial charge in [0.25, 0.3) is 0 Å². The Morgan fingerprint density at radius 2 is 1.59 bits per heavy atom. The minimum absolute atomic E-state index is 0.0967. The fourth-order valence-electron chi connectivity index (χ4n) is 1.72. The van der Waals surface area contributed by atoms with E-state index in [1.54, 1.807) is 12.1 Å². The third kappa shape index (κ3) is 3.18. The Kier molecular flexibility index (Phi) is 3.94. The predicted molar refractivity (Wildman–Crippen MR) is 70.5 cm³/mol. The number of benzene rings is 2. The molecular weight excluding hydrogens is 232 g/mol. The first-order chi connectivity index (χ1) is 8.27. The molecule has 0 aliphatic rings. The van der Waals surface area contributed by atoms with Crippen LogP contribution in [-0.2, 0) is 6.42 Å². The Balaban J connectivity index is 2.01. The molecule has 0 radical (unpaired) electrons. The van der Waals surface area contributed by atoms with E-state index in [0.717, 1.165) is 6.42 Å². The molecule has 0 heterocycles. The molecule has 17 heavy (non-hydrogen) atoms. The molecule has 0 atom stereocenters. The van der Waals surface area contributed by atoms with Gasteiger partial charge in [0.1, 0.15) is 0 Å². The zero-order valence-corrected chi connectivity index (χ0v) is 10.2. The average molecular weight is 245 g/mol. The topological polar surface area (TPSA) is 17.1 Å². The lowest BCUT2D eigenvalue weighted by Crippen LogP contribution is -2.01. The molecule has 0 amide bonds. The molecule has 0 fully saturated rings. The van der Waals surface area contributed by atoms with Crippen molar-refractivity contribution in [1.29, 1.82) is 0 Å². The molecule has 0 aliphatic carbocycles. The lowest BCUT2D eigenvalue weighted by atomic mass is 10.0. The molecule has 0 aromatic heterocycles. The van der Waals surface area contributed by atoms with E-state index in [9.17, 15) is 4.79 Å². The molecule has 0 bridgehead atoms. The molecular formula is C15H13ClO. The Morgan fingerprint density at radius 3 is 2.29 bits per heavy atom. The monoisotopic (exact) mass is 244 g/mol. The first-order valence-electron chi connectivity index (χ1n) is 5.59. The van der Waals surface area contributed by atoms with Gasteiger partial charge in [-0.2, -0.15) is 0 Å². The summed E-state index contributed by atoms with van der Waals surface area (Å²) in [5.74, 6) is 0.0967. The summed E-state index contributed by atoms with van der Waals surface area (Å²) < 4.78 is 0. The minimum Gasteiger partial charge on any atom is -0.294 e. The Morgan fingerprint density at radius 1 is 0.941 bits per heavy atom. The number of hydrogen-bond donors (Lipinski definition) is 0. The normalized spacial score (nSPS) is 10.2. The molecule has 1 nitrogen and oxygen atoms in total. The standard InChI is InChI=1S/C15H13ClO/c16-14-9-5-4-8-13(14)15(17)11-10-12-6-2-1-3-7-12/h1-9H,10-11H2. The van der Waals surface area contributed by atoms with Crippen LogP contribution in [0.25, 0.3) is 0 Å². The van der Waals surface area contributed by atoms with Crippen molar-refractivity contribution in [2.45, 2.75) is 12.8 Å². The fraction of sp³-hybridized carbons (Fsp3) is 0.133. The van der Waals surface area contributed by atoms with Crippen LogP contribution in [0.4, 0.5) is 0 Å². The van der Waals surface area contributed by atoms with Crippen molar-refractivity contribution in [3.63, 3.8) is 0 Å². The van der Waals surface area contributed by atoms with Gasteiger partial charge in [-0.05, 0) is 24.1 Å². The van der Waals surface area contributed by atoms with Crippen molar-refractivity contribution in [3.8, 4) is 0 Å². The van der Waals surface area contributed by atoms with Gasteiger partial charge in [-0.15, -0.1) is 0 Å².